The predicted molar refractivity (Wildman–Crippen MR) is 103 cm³/mol. The first-order valence-electron chi connectivity index (χ1n) is 6.48. The molecule has 0 radical (unpaired) electrons. The Hall–Kier alpha value is -1.34. The van der Waals surface area contributed by atoms with Gasteiger partial charge in [-0.1, -0.05) is 53.8 Å². The number of phenols is 1. The number of aromatic hydroxyl groups is 1. The van der Waals surface area contributed by atoms with Crippen LogP contribution in [0.3, 0.4) is 0 Å². The van der Waals surface area contributed by atoms with Crippen LogP contribution in [0.15, 0.2) is 51.8 Å². The topological polar surface area (TPSA) is 40.5 Å². The molecule has 1 fully saturated rings. The van der Waals surface area contributed by atoms with Gasteiger partial charge in [0.25, 0.3) is 5.91 Å². The van der Waals surface area contributed by atoms with Crippen molar-refractivity contribution in [1.29, 1.82) is 0 Å². The number of thiocarbonyl (C=S) groups is 1. The van der Waals surface area contributed by atoms with Crippen molar-refractivity contribution in [3.63, 3.8) is 0 Å². The van der Waals surface area contributed by atoms with Gasteiger partial charge in [0.15, 0.2) is 4.32 Å². The molecule has 2 aromatic rings. The van der Waals surface area contributed by atoms with Gasteiger partial charge in [-0.05, 0) is 51.8 Å². The molecule has 0 unspecified atom stereocenters. The number of para-hydroxylation sites is 1. The first-order chi connectivity index (χ1) is 11.0. The molecule has 23 heavy (non-hydrogen) atoms. The van der Waals surface area contributed by atoms with Crippen molar-refractivity contribution in [2.45, 2.75) is 0 Å². The number of anilines is 1. The second-order valence-corrected chi connectivity index (χ2v) is 7.62. The van der Waals surface area contributed by atoms with E-state index in [4.69, 9.17) is 23.8 Å². The van der Waals surface area contributed by atoms with Crippen LogP contribution in [0.25, 0.3) is 6.08 Å². The van der Waals surface area contributed by atoms with E-state index in [2.05, 4.69) is 15.9 Å². The SMILES string of the molecule is O=C1/C(=C\c2cc(Cl)c(O)c(Br)c2)SC(=S)N1c1ccccc1. The van der Waals surface area contributed by atoms with Crippen molar-refractivity contribution in [3.05, 3.63) is 62.4 Å². The second kappa shape index (κ2) is 6.65. The molecule has 1 amide bonds. The van der Waals surface area contributed by atoms with Crippen LogP contribution in [0.2, 0.25) is 5.02 Å². The highest BCUT2D eigenvalue weighted by atomic mass is 79.9. The number of nitrogens with zero attached hydrogens (tertiary/aromatic N) is 1. The summed E-state index contributed by atoms with van der Waals surface area (Å²) in [4.78, 5) is 14.6. The molecule has 3 nitrogen and oxygen atoms in total. The van der Waals surface area contributed by atoms with Crippen molar-refractivity contribution in [2.24, 2.45) is 0 Å². The predicted octanol–water partition coefficient (Wildman–Crippen LogP) is 5.21. The van der Waals surface area contributed by atoms with Gasteiger partial charge >= 0.3 is 0 Å². The number of hydrogen-bond acceptors (Lipinski definition) is 4. The molecule has 1 saturated heterocycles. The fourth-order valence-electron chi connectivity index (χ4n) is 2.09. The van der Waals surface area contributed by atoms with E-state index in [1.165, 1.54) is 16.7 Å². The molecule has 1 aliphatic heterocycles. The number of benzene rings is 2. The number of halogens is 2. The van der Waals surface area contributed by atoms with E-state index >= 15 is 0 Å². The summed E-state index contributed by atoms with van der Waals surface area (Å²) in [5.41, 5.74) is 1.44. The summed E-state index contributed by atoms with van der Waals surface area (Å²) in [6.07, 6.45) is 1.71. The van der Waals surface area contributed by atoms with Crippen LogP contribution in [0.1, 0.15) is 5.56 Å². The van der Waals surface area contributed by atoms with Crippen LogP contribution in [0, 0.1) is 0 Å². The zero-order valence-electron chi connectivity index (χ0n) is 11.5. The van der Waals surface area contributed by atoms with E-state index in [0.717, 1.165) is 5.69 Å². The molecule has 0 bridgehead atoms. The Balaban J connectivity index is 1.96. The van der Waals surface area contributed by atoms with Gasteiger partial charge in [0.05, 0.1) is 20.1 Å². The van der Waals surface area contributed by atoms with E-state index in [1.807, 2.05) is 30.3 Å². The summed E-state index contributed by atoms with van der Waals surface area (Å²) in [6, 6.07) is 12.5. The monoisotopic (exact) mass is 425 g/mol. The molecule has 3 rings (SSSR count). The van der Waals surface area contributed by atoms with Gasteiger partial charge in [-0.2, -0.15) is 0 Å². The molecule has 1 N–H and O–H groups in total. The highest BCUT2D eigenvalue weighted by molar-refractivity contribution is 9.10. The first-order valence-corrected chi connectivity index (χ1v) is 8.88. The van der Waals surface area contributed by atoms with Crippen LogP contribution in [0.4, 0.5) is 5.69 Å². The minimum Gasteiger partial charge on any atom is -0.505 e. The van der Waals surface area contributed by atoms with E-state index in [-0.39, 0.29) is 16.7 Å². The molecule has 0 aromatic heterocycles. The van der Waals surface area contributed by atoms with Crippen molar-refractivity contribution in [1.82, 2.24) is 0 Å². The molecule has 0 spiro atoms. The van der Waals surface area contributed by atoms with Crippen LogP contribution in [-0.2, 0) is 4.79 Å². The third-order valence-electron chi connectivity index (χ3n) is 3.15. The van der Waals surface area contributed by atoms with Crippen molar-refractivity contribution < 1.29 is 9.90 Å². The lowest BCUT2D eigenvalue weighted by Crippen LogP contribution is -2.27. The number of carbonyl (C=O) groups is 1. The van der Waals surface area contributed by atoms with E-state index in [9.17, 15) is 9.90 Å². The van der Waals surface area contributed by atoms with E-state index in [1.54, 1.807) is 18.2 Å². The Bertz CT molecular complexity index is 816. The van der Waals surface area contributed by atoms with Crippen molar-refractivity contribution in [2.75, 3.05) is 4.90 Å². The van der Waals surface area contributed by atoms with Gasteiger partial charge in [-0.3, -0.25) is 9.69 Å². The molecule has 7 heteroatoms. The van der Waals surface area contributed by atoms with Crippen molar-refractivity contribution in [3.8, 4) is 5.75 Å². The molecule has 1 aliphatic rings. The quantitative estimate of drug-likeness (QED) is 0.528. The van der Waals surface area contributed by atoms with Gasteiger partial charge in [-0.25, -0.2) is 0 Å². The van der Waals surface area contributed by atoms with Gasteiger partial charge in [0.1, 0.15) is 5.75 Å². The normalized spacial score (nSPS) is 16.4. The fourth-order valence-corrected chi connectivity index (χ4v) is 4.21. The summed E-state index contributed by atoms with van der Waals surface area (Å²) in [7, 11) is 0. The lowest BCUT2D eigenvalue weighted by Gasteiger charge is -2.13. The number of hydrogen-bond donors (Lipinski definition) is 1. The number of thioether (sulfide) groups is 1. The largest absolute Gasteiger partial charge is 0.505 e. The highest BCUT2D eigenvalue weighted by Crippen LogP contribution is 2.38. The zero-order valence-corrected chi connectivity index (χ0v) is 15.5. The first kappa shape index (κ1) is 16.5. The lowest BCUT2D eigenvalue weighted by atomic mass is 10.2. The smallest absolute Gasteiger partial charge is 0.270 e. The van der Waals surface area contributed by atoms with Gasteiger partial charge in [-0.15, -0.1) is 0 Å². The Labute approximate surface area is 156 Å². The average molecular weight is 427 g/mol. The third-order valence-corrected chi connectivity index (χ3v) is 5.34. The molecule has 0 aliphatic carbocycles. The maximum Gasteiger partial charge on any atom is 0.270 e. The number of rotatable bonds is 2. The summed E-state index contributed by atoms with van der Waals surface area (Å²) >= 11 is 15.7. The highest BCUT2D eigenvalue weighted by Gasteiger charge is 2.33. The average Bonchev–Trinajstić information content (AvgIpc) is 2.80. The minimum absolute atomic E-state index is 0.0272. The molecule has 116 valence electrons. The minimum atomic E-state index is -0.175. The fraction of sp³-hybridized carbons (Fsp3) is 0. The molecule has 0 atom stereocenters. The standard InChI is InChI=1S/C16H9BrClNO2S2/c17-11-6-9(7-12(18)14(11)20)8-13-15(21)19(16(22)23-13)10-4-2-1-3-5-10/h1-8,20H/b13-8+. The lowest BCUT2D eigenvalue weighted by molar-refractivity contribution is -0.113. The van der Waals surface area contributed by atoms with Crippen LogP contribution in [0.5, 0.6) is 5.75 Å². The second-order valence-electron chi connectivity index (χ2n) is 4.69. The van der Waals surface area contributed by atoms with Crippen LogP contribution < -0.4 is 4.90 Å². The van der Waals surface area contributed by atoms with Crippen molar-refractivity contribution >= 4 is 73.5 Å². The molecular formula is C16H9BrClNO2S2. The summed E-state index contributed by atoms with van der Waals surface area (Å²) < 4.78 is 0.950. The van der Waals surface area contributed by atoms with Crippen LogP contribution in [-0.4, -0.2) is 15.3 Å². The molecule has 0 saturated carbocycles. The molecule has 1 heterocycles. The molecule has 2 aromatic carbocycles. The number of carbonyl (C=O) groups excluding carboxylic acids is 1. The van der Waals surface area contributed by atoms with Gasteiger partial charge in [0, 0.05) is 0 Å². The summed E-state index contributed by atoms with van der Waals surface area (Å²) in [5, 5.41) is 9.89. The maximum atomic E-state index is 12.6. The van der Waals surface area contributed by atoms with E-state index in [0.29, 0.717) is 19.3 Å². The summed E-state index contributed by atoms with van der Waals surface area (Å²) in [6.45, 7) is 0. The van der Waals surface area contributed by atoms with Gasteiger partial charge < -0.3 is 5.11 Å². The Morgan fingerprint density at radius 2 is 1.96 bits per heavy atom. The Kier molecular flexibility index (Phi) is 4.77. The van der Waals surface area contributed by atoms with Crippen LogP contribution >= 0.6 is 51.5 Å². The third kappa shape index (κ3) is 3.30. The molecular weight excluding hydrogens is 418 g/mol. The Morgan fingerprint density at radius 3 is 2.61 bits per heavy atom. The zero-order chi connectivity index (χ0) is 16.6. The van der Waals surface area contributed by atoms with Gasteiger partial charge in [0.2, 0.25) is 0 Å². The number of phenolic OH excluding ortho intramolecular Hbond substituents is 1. The Morgan fingerprint density at radius 1 is 1.26 bits per heavy atom. The number of amides is 1. The maximum absolute atomic E-state index is 12.6. The van der Waals surface area contributed by atoms with E-state index < -0.39 is 0 Å². The summed E-state index contributed by atoms with van der Waals surface area (Å²) in [5.74, 6) is -0.202.